The SMILES string of the molecule is CCCCCCCCCCCCCCOc1cccc2c1Cc1ccccc1-2. The second-order valence-electron chi connectivity index (χ2n) is 8.35. The average Bonchev–Trinajstić information content (AvgIpc) is 3.11. The van der Waals surface area contributed by atoms with Crippen LogP contribution in [0.2, 0.25) is 0 Å². The van der Waals surface area contributed by atoms with E-state index in [1.165, 1.54) is 99.3 Å². The number of rotatable bonds is 14. The van der Waals surface area contributed by atoms with E-state index >= 15 is 0 Å². The van der Waals surface area contributed by atoms with Crippen LogP contribution in [0.25, 0.3) is 11.1 Å². The predicted molar refractivity (Wildman–Crippen MR) is 121 cm³/mol. The third kappa shape index (κ3) is 6.12. The maximum absolute atomic E-state index is 6.17. The Kier molecular flexibility index (Phi) is 8.94. The third-order valence-corrected chi connectivity index (χ3v) is 6.06. The van der Waals surface area contributed by atoms with Crippen molar-refractivity contribution in [3.63, 3.8) is 0 Å². The van der Waals surface area contributed by atoms with Crippen molar-refractivity contribution >= 4 is 0 Å². The molecular weight excluding hydrogens is 340 g/mol. The van der Waals surface area contributed by atoms with Crippen molar-refractivity contribution in [2.75, 3.05) is 6.61 Å². The van der Waals surface area contributed by atoms with Crippen molar-refractivity contribution in [1.82, 2.24) is 0 Å². The Balaban J connectivity index is 1.25. The Morgan fingerprint density at radius 3 is 1.96 bits per heavy atom. The van der Waals surface area contributed by atoms with Crippen LogP contribution in [0.1, 0.15) is 95.1 Å². The first-order chi connectivity index (χ1) is 13.9. The molecule has 1 aliphatic carbocycles. The van der Waals surface area contributed by atoms with Gasteiger partial charge in [0.15, 0.2) is 0 Å². The van der Waals surface area contributed by atoms with E-state index in [2.05, 4.69) is 49.4 Å². The van der Waals surface area contributed by atoms with Gasteiger partial charge >= 0.3 is 0 Å². The van der Waals surface area contributed by atoms with Gasteiger partial charge in [0.25, 0.3) is 0 Å². The molecular formula is C27H38O. The highest BCUT2D eigenvalue weighted by Gasteiger charge is 2.20. The minimum atomic E-state index is 0.851. The molecule has 0 aliphatic heterocycles. The van der Waals surface area contributed by atoms with Gasteiger partial charge in [-0.05, 0) is 29.2 Å². The van der Waals surface area contributed by atoms with Gasteiger partial charge in [0.05, 0.1) is 6.61 Å². The summed E-state index contributed by atoms with van der Waals surface area (Å²) in [5, 5.41) is 0. The first-order valence-electron chi connectivity index (χ1n) is 11.7. The molecule has 0 saturated heterocycles. The van der Waals surface area contributed by atoms with Gasteiger partial charge in [0.2, 0.25) is 0 Å². The van der Waals surface area contributed by atoms with Gasteiger partial charge in [-0.1, -0.05) is 114 Å². The summed E-state index contributed by atoms with van der Waals surface area (Å²) >= 11 is 0. The molecule has 0 aromatic heterocycles. The van der Waals surface area contributed by atoms with Crippen LogP contribution in [0, 0.1) is 0 Å². The number of ether oxygens (including phenoxy) is 1. The molecule has 2 aromatic rings. The van der Waals surface area contributed by atoms with E-state index in [0.717, 1.165) is 18.8 Å². The van der Waals surface area contributed by atoms with E-state index in [4.69, 9.17) is 4.74 Å². The number of hydrogen-bond donors (Lipinski definition) is 0. The lowest BCUT2D eigenvalue weighted by Gasteiger charge is -2.11. The summed E-state index contributed by atoms with van der Waals surface area (Å²) in [5.41, 5.74) is 5.55. The molecule has 28 heavy (non-hydrogen) atoms. The van der Waals surface area contributed by atoms with Crippen LogP contribution in [0.15, 0.2) is 42.5 Å². The maximum Gasteiger partial charge on any atom is 0.123 e. The van der Waals surface area contributed by atoms with E-state index in [1.807, 2.05) is 0 Å². The fourth-order valence-corrected chi connectivity index (χ4v) is 4.39. The second kappa shape index (κ2) is 11.9. The summed E-state index contributed by atoms with van der Waals surface area (Å²) in [7, 11) is 0. The fourth-order valence-electron chi connectivity index (χ4n) is 4.39. The smallest absolute Gasteiger partial charge is 0.123 e. The highest BCUT2D eigenvalue weighted by molar-refractivity contribution is 5.78. The van der Waals surface area contributed by atoms with Crippen molar-refractivity contribution in [3.05, 3.63) is 53.6 Å². The molecule has 0 bridgehead atoms. The Morgan fingerprint density at radius 2 is 1.25 bits per heavy atom. The summed E-state index contributed by atoms with van der Waals surface area (Å²) in [6, 6.07) is 15.3. The highest BCUT2D eigenvalue weighted by atomic mass is 16.5. The van der Waals surface area contributed by atoms with Crippen molar-refractivity contribution < 1.29 is 4.74 Å². The lowest BCUT2D eigenvalue weighted by atomic mass is 10.1. The summed E-state index contributed by atoms with van der Waals surface area (Å²) in [6.45, 7) is 3.14. The third-order valence-electron chi connectivity index (χ3n) is 6.06. The van der Waals surface area contributed by atoms with Crippen LogP contribution in [0.5, 0.6) is 5.75 Å². The summed E-state index contributed by atoms with van der Waals surface area (Å²) < 4.78 is 6.17. The average molecular weight is 379 g/mol. The van der Waals surface area contributed by atoms with Gasteiger partial charge in [-0.15, -0.1) is 0 Å². The van der Waals surface area contributed by atoms with Gasteiger partial charge in [0.1, 0.15) is 5.75 Å². The second-order valence-corrected chi connectivity index (χ2v) is 8.35. The molecule has 152 valence electrons. The summed E-state index contributed by atoms with van der Waals surface area (Å²) in [5.74, 6) is 1.09. The zero-order valence-corrected chi connectivity index (χ0v) is 17.8. The Hall–Kier alpha value is -1.76. The molecule has 0 unspecified atom stereocenters. The van der Waals surface area contributed by atoms with Crippen molar-refractivity contribution in [3.8, 4) is 16.9 Å². The van der Waals surface area contributed by atoms with Crippen molar-refractivity contribution in [2.45, 2.75) is 90.4 Å². The van der Waals surface area contributed by atoms with Crippen LogP contribution in [-0.4, -0.2) is 6.61 Å². The molecule has 0 atom stereocenters. The van der Waals surface area contributed by atoms with E-state index in [9.17, 15) is 0 Å². The highest BCUT2D eigenvalue weighted by Crippen LogP contribution is 2.40. The Morgan fingerprint density at radius 1 is 0.643 bits per heavy atom. The van der Waals surface area contributed by atoms with Gasteiger partial charge in [0, 0.05) is 12.0 Å². The lowest BCUT2D eigenvalue weighted by molar-refractivity contribution is 0.302. The molecule has 0 spiro atoms. The van der Waals surface area contributed by atoms with Crippen molar-refractivity contribution in [2.24, 2.45) is 0 Å². The van der Waals surface area contributed by atoms with Crippen LogP contribution < -0.4 is 4.74 Å². The first kappa shape index (κ1) is 21.0. The Labute approximate surface area is 172 Å². The zero-order valence-electron chi connectivity index (χ0n) is 17.8. The molecule has 1 nitrogen and oxygen atoms in total. The monoisotopic (exact) mass is 378 g/mol. The van der Waals surface area contributed by atoms with E-state index < -0.39 is 0 Å². The minimum absolute atomic E-state index is 0.851. The van der Waals surface area contributed by atoms with Crippen molar-refractivity contribution in [1.29, 1.82) is 0 Å². The molecule has 0 fully saturated rings. The topological polar surface area (TPSA) is 9.23 Å². The predicted octanol–water partition coefficient (Wildman–Crippen LogP) is 8.34. The molecule has 0 radical (unpaired) electrons. The quantitative estimate of drug-likeness (QED) is 0.256. The Bertz CT molecular complexity index is 703. The molecule has 0 saturated carbocycles. The molecule has 2 aromatic carbocycles. The normalized spacial score (nSPS) is 12.0. The molecule has 3 rings (SSSR count). The molecule has 0 N–H and O–H groups in total. The van der Waals surface area contributed by atoms with Crippen LogP contribution in [-0.2, 0) is 6.42 Å². The maximum atomic E-state index is 6.17. The first-order valence-corrected chi connectivity index (χ1v) is 11.7. The van der Waals surface area contributed by atoms with E-state index in [-0.39, 0.29) is 0 Å². The van der Waals surface area contributed by atoms with E-state index in [1.54, 1.807) is 0 Å². The van der Waals surface area contributed by atoms with E-state index in [0.29, 0.717) is 0 Å². The van der Waals surface area contributed by atoms with Gasteiger partial charge in [-0.2, -0.15) is 0 Å². The largest absolute Gasteiger partial charge is 0.493 e. The number of benzene rings is 2. The molecule has 0 heterocycles. The number of fused-ring (bicyclic) bond motifs is 3. The van der Waals surface area contributed by atoms with Crippen LogP contribution in [0.4, 0.5) is 0 Å². The van der Waals surface area contributed by atoms with Crippen LogP contribution >= 0.6 is 0 Å². The zero-order chi connectivity index (χ0) is 19.4. The molecule has 0 amide bonds. The van der Waals surface area contributed by atoms with Gasteiger partial charge in [-0.3, -0.25) is 0 Å². The summed E-state index contributed by atoms with van der Waals surface area (Å²) in [6.07, 6.45) is 17.6. The molecule has 1 heteroatoms. The minimum Gasteiger partial charge on any atom is -0.493 e. The number of unbranched alkanes of at least 4 members (excludes halogenated alkanes) is 11. The molecule has 1 aliphatic rings. The van der Waals surface area contributed by atoms with Gasteiger partial charge < -0.3 is 4.74 Å². The fraction of sp³-hybridized carbons (Fsp3) is 0.556. The van der Waals surface area contributed by atoms with Crippen LogP contribution in [0.3, 0.4) is 0 Å². The van der Waals surface area contributed by atoms with Gasteiger partial charge in [-0.25, -0.2) is 0 Å². The lowest BCUT2D eigenvalue weighted by Crippen LogP contribution is -2.00. The standard InChI is InChI=1S/C27H38O/c1-2-3-4-5-6-7-8-9-10-11-12-15-21-28-27-20-16-19-25-24-18-14-13-17-23(24)22-26(25)27/h13-14,16-20H,2-12,15,21-22H2,1H3. The summed E-state index contributed by atoms with van der Waals surface area (Å²) in [4.78, 5) is 0. The number of hydrogen-bond acceptors (Lipinski definition) is 1.